The van der Waals surface area contributed by atoms with Crippen LogP contribution in [0.15, 0.2) is 42.5 Å². The van der Waals surface area contributed by atoms with Crippen LogP contribution in [0.2, 0.25) is 0 Å². The van der Waals surface area contributed by atoms with Crippen LogP contribution in [0.3, 0.4) is 0 Å². The first-order valence-electron chi connectivity index (χ1n) is 9.66. The quantitative estimate of drug-likeness (QED) is 0.680. The molecule has 0 aromatic heterocycles. The zero-order chi connectivity index (χ0) is 22.4. The third-order valence-electron chi connectivity index (χ3n) is 6.00. The summed E-state index contributed by atoms with van der Waals surface area (Å²) >= 11 is 5.65. The summed E-state index contributed by atoms with van der Waals surface area (Å²) in [6.07, 6.45) is -2.94. The molecule has 2 aromatic rings. The smallest absolute Gasteiger partial charge is 0.371 e. The van der Waals surface area contributed by atoms with Crippen LogP contribution in [0, 0.1) is 22.7 Å². The second kappa shape index (κ2) is 7.52. The highest BCUT2D eigenvalue weighted by atomic mass is 32.1. The molecule has 2 aliphatic rings. The first kappa shape index (κ1) is 21.1. The first-order valence-corrected chi connectivity index (χ1v) is 10.1. The Bertz CT molecular complexity index is 1110. The van der Waals surface area contributed by atoms with Gasteiger partial charge in [-0.1, -0.05) is 12.8 Å². The van der Waals surface area contributed by atoms with E-state index in [1.165, 1.54) is 11.0 Å². The summed E-state index contributed by atoms with van der Waals surface area (Å²) in [6, 6.07) is 13.7. The lowest BCUT2D eigenvalue weighted by atomic mass is 9.93. The van der Waals surface area contributed by atoms with Gasteiger partial charge in [0.25, 0.3) is 0 Å². The van der Waals surface area contributed by atoms with Crippen molar-refractivity contribution in [2.45, 2.75) is 43.6 Å². The predicted molar refractivity (Wildman–Crippen MR) is 112 cm³/mol. The molecule has 0 bridgehead atoms. The van der Waals surface area contributed by atoms with Crippen LogP contribution in [0.4, 0.5) is 24.5 Å². The Morgan fingerprint density at radius 3 is 2.16 bits per heavy atom. The van der Waals surface area contributed by atoms with Crippen molar-refractivity contribution in [2.75, 3.05) is 9.80 Å². The summed E-state index contributed by atoms with van der Waals surface area (Å²) in [5, 5.41) is 29.6. The van der Waals surface area contributed by atoms with Gasteiger partial charge in [-0.25, -0.2) is 0 Å². The fourth-order valence-corrected chi connectivity index (χ4v) is 5.04. The molecule has 1 saturated carbocycles. The Balaban J connectivity index is 1.83. The maximum atomic E-state index is 13.5. The van der Waals surface area contributed by atoms with Gasteiger partial charge in [0, 0.05) is 11.4 Å². The van der Waals surface area contributed by atoms with Gasteiger partial charge >= 0.3 is 6.18 Å². The number of aliphatic hydroxyl groups is 1. The maximum Gasteiger partial charge on any atom is 0.417 e. The number of hydrogen-bond acceptors (Lipinski definition) is 4. The molecule has 2 aromatic carbocycles. The van der Waals surface area contributed by atoms with E-state index >= 15 is 0 Å². The van der Waals surface area contributed by atoms with Gasteiger partial charge in [0.15, 0.2) is 11.3 Å². The van der Waals surface area contributed by atoms with Crippen molar-refractivity contribution in [3.63, 3.8) is 0 Å². The molecule has 1 heterocycles. The number of rotatable bonds is 2. The largest absolute Gasteiger partial charge is 0.417 e. The molecule has 1 unspecified atom stereocenters. The molecule has 2 fully saturated rings. The minimum atomic E-state index is -4.72. The SMILES string of the molecule is N#Cc1ccc(N2C(=S)N(c3ccc(C#N)c(C(F)(F)F)c3)C(O)C23CCCC3)cc1. The van der Waals surface area contributed by atoms with Gasteiger partial charge < -0.3 is 10.0 Å². The Hall–Kier alpha value is -3.14. The van der Waals surface area contributed by atoms with Crippen LogP contribution < -0.4 is 9.80 Å². The Morgan fingerprint density at radius 1 is 1.00 bits per heavy atom. The molecule has 9 heteroatoms. The van der Waals surface area contributed by atoms with Crippen LogP contribution in [-0.2, 0) is 6.18 Å². The molecule has 1 spiro atoms. The third-order valence-corrected chi connectivity index (χ3v) is 6.38. The van der Waals surface area contributed by atoms with Gasteiger partial charge in [0.2, 0.25) is 0 Å². The Kier molecular flexibility index (Phi) is 5.12. The first-order chi connectivity index (χ1) is 14.7. The molecule has 1 saturated heterocycles. The fourth-order valence-electron chi connectivity index (χ4n) is 4.55. The summed E-state index contributed by atoms with van der Waals surface area (Å²) in [5.41, 5.74) is -1.13. The van der Waals surface area contributed by atoms with Crippen molar-refractivity contribution >= 4 is 28.7 Å². The molecule has 0 amide bonds. The lowest BCUT2D eigenvalue weighted by Crippen LogP contribution is -2.50. The van der Waals surface area contributed by atoms with Crippen molar-refractivity contribution in [3.8, 4) is 12.1 Å². The highest BCUT2D eigenvalue weighted by Crippen LogP contribution is 2.48. The van der Waals surface area contributed by atoms with Gasteiger partial charge in [-0.3, -0.25) is 4.90 Å². The van der Waals surface area contributed by atoms with Crippen molar-refractivity contribution in [3.05, 3.63) is 59.2 Å². The average Bonchev–Trinajstić information content (AvgIpc) is 3.31. The lowest BCUT2D eigenvalue weighted by molar-refractivity contribution is -0.137. The molecular weight excluding hydrogens is 425 g/mol. The van der Waals surface area contributed by atoms with E-state index in [0.717, 1.165) is 25.0 Å². The molecule has 1 atom stereocenters. The van der Waals surface area contributed by atoms with Crippen LogP contribution in [0.5, 0.6) is 0 Å². The summed E-state index contributed by atoms with van der Waals surface area (Å²) in [7, 11) is 0. The van der Waals surface area contributed by atoms with E-state index in [1.54, 1.807) is 35.2 Å². The molecule has 1 N–H and O–H groups in total. The number of nitrogens with zero attached hydrogens (tertiary/aromatic N) is 4. The Labute approximate surface area is 182 Å². The number of nitriles is 2. The fraction of sp³-hybridized carbons (Fsp3) is 0.318. The lowest BCUT2D eigenvalue weighted by Gasteiger charge is -2.36. The highest BCUT2D eigenvalue weighted by Gasteiger charge is 2.57. The summed E-state index contributed by atoms with van der Waals surface area (Å²) in [5.74, 6) is 0. The summed E-state index contributed by atoms with van der Waals surface area (Å²) < 4.78 is 40.5. The molecule has 31 heavy (non-hydrogen) atoms. The number of benzene rings is 2. The van der Waals surface area contributed by atoms with E-state index in [9.17, 15) is 18.3 Å². The summed E-state index contributed by atoms with van der Waals surface area (Å²) in [4.78, 5) is 3.13. The van der Waals surface area contributed by atoms with Crippen LogP contribution in [0.1, 0.15) is 42.4 Å². The second-order valence-corrected chi connectivity index (χ2v) is 8.04. The van der Waals surface area contributed by atoms with E-state index in [2.05, 4.69) is 0 Å². The topological polar surface area (TPSA) is 74.3 Å². The predicted octanol–water partition coefficient (Wildman–Crippen LogP) is 4.69. The second-order valence-electron chi connectivity index (χ2n) is 7.67. The minimum Gasteiger partial charge on any atom is -0.371 e. The monoisotopic (exact) mass is 442 g/mol. The standard InChI is InChI=1S/C22H17F3N4OS/c23-22(24,25)18-11-17(8-5-15(18)13-27)28-19(30)21(9-1-2-10-21)29(20(28)31)16-6-3-14(12-26)4-7-16/h3-8,11,19,30H,1-2,9-10H2. The van der Waals surface area contributed by atoms with E-state index < -0.39 is 29.1 Å². The van der Waals surface area contributed by atoms with Gasteiger partial charge in [-0.05, 0) is 67.5 Å². The summed E-state index contributed by atoms with van der Waals surface area (Å²) in [6.45, 7) is 0. The molecule has 5 nitrogen and oxygen atoms in total. The molecule has 1 aliphatic heterocycles. The number of halogens is 3. The number of aliphatic hydroxyl groups excluding tert-OH is 1. The van der Waals surface area contributed by atoms with Gasteiger partial charge in [0.1, 0.15) is 0 Å². The number of thiocarbonyl (C=S) groups is 1. The highest BCUT2D eigenvalue weighted by molar-refractivity contribution is 7.80. The zero-order valence-electron chi connectivity index (χ0n) is 16.2. The van der Waals surface area contributed by atoms with E-state index in [4.69, 9.17) is 22.7 Å². The average molecular weight is 442 g/mol. The van der Waals surface area contributed by atoms with Crippen molar-refractivity contribution in [1.82, 2.24) is 0 Å². The van der Waals surface area contributed by atoms with E-state index in [-0.39, 0.29) is 10.8 Å². The number of alkyl halides is 3. The van der Waals surface area contributed by atoms with Gasteiger partial charge in [-0.2, -0.15) is 23.7 Å². The van der Waals surface area contributed by atoms with Crippen LogP contribution in [0.25, 0.3) is 0 Å². The van der Waals surface area contributed by atoms with E-state index in [0.29, 0.717) is 24.1 Å². The van der Waals surface area contributed by atoms with Crippen LogP contribution in [-0.4, -0.2) is 22.0 Å². The number of hydrogen-bond donors (Lipinski definition) is 1. The molecule has 1 aliphatic carbocycles. The molecular formula is C22H17F3N4OS. The van der Waals surface area contributed by atoms with E-state index in [1.807, 2.05) is 6.07 Å². The Morgan fingerprint density at radius 2 is 1.61 bits per heavy atom. The molecule has 0 radical (unpaired) electrons. The van der Waals surface area contributed by atoms with Gasteiger partial charge in [-0.15, -0.1) is 0 Å². The number of anilines is 2. The van der Waals surface area contributed by atoms with Crippen molar-refractivity contribution < 1.29 is 18.3 Å². The maximum absolute atomic E-state index is 13.5. The van der Waals surface area contributed by atoms with Crippen molar-refractivity contribution in [1.29, 1.82) is 10.5 Å². The third kappa shape index (κ3) is 3.31. The molecule has 158 valence electrons. The van der Waals surface area contributed by atoms with Gasteiger partial charge in [0.05, 0.1) is 34.4 Å². The normalized spacial score (nSPS) is 20.2. The van der Waals surface area contributed by atoms with Crippen LogP contribution >= 0.6 is 12.2 Å². The minimum absolute atomic E-state index is 0.0752. The van der Waals surface area contributed by atoms with Crippen molar-refractivity contribution in [2.24, 2.45) is 0 Å². The molecule has 4 rings (SSSR count). The zero-order valence-corrected chi connectivity index (χ0v) is 17.0.